The number of halogens is 2. The van der Waals surface area contributed by atoms with Gasteiger partial charge in [-0.25, -0.2) is 21.9 Å². The first-order valence-electron chi connectivity index (χ1n) is 11.0. The summed E-state index contributed by atoms with van der Waals surface area (Å²) in [5.41, 5.74) is 1.63. The molecular formula is C25H25F2N3O3S. The smallest absolute Gasteiger partial charge is 0.253 e. The number of carbonyl (C=O) groups excluding carboxylic acids is 1. The van der Waals surface area contributed by atoms with Gasteiger partial charge >= 0.3 is 0 Å². The molecule has 1 saturated heterocycles. The zero-order chi connectivity index (χ0) is 24.1. The van der Waals surface area contributed by atoms with Crippen molar-refractivity contribution in [3.63, 3.8) is 0 Å². The fourth-order valence-corrected chi connectivity index (χ4v) is 5.30. The van der Waals surface area contributed by atoms with Crippen molar-refractivity contribution < 1.29 is 22.0 Å². The number of rotatable bonds is 7. The summed E-state index contributed by atoms with van der Waals surface area (Å²) >= 11 is 0. The lowest BCUT2D eigenvalue weighted by molar-refractivity contribution is 0.0951. The summed E-state index contributed by atoms with van der Waals surface area (Å²) in [6.07, 6.45) is 1.09. The van der Waals surface area contributed by atoms with Gasteiger partial charge in [-0.05, 0) is 55.3 Å². The summed E-state index contributed by atoms with van der Waals surface area (Å²) in [7, 11) is -3.75. The minimum atomic E-state index is -3.75. The minimum Gasteiger partial charge on any atom is -0.371 e. The Morgan fingerprint density at radius 2 is 1.56 bits per heavy atom. The Labute approximate surface area is 197 Å². The number of nitrogens with zero attached hydrogens (tertiary/aromatic N) is 1. The van der Waals surface area contributed by atoms with Crippen LogP contribution in [0.5, 0.6) is 0 Å². The second-order valence-electron chi connectivity index (χ2n) is 8.13. The van der Waals surface area contributed by atoms with E-state index in [9.17, 15) is 22.0 Å². The number of sulfonamides is 1. The lowest BCUT2D eigenvalue weighted by atomic mass is 10.0. The first-order valence-corrected chi connectivity index (χ1v) is 12.5. The fraction of sp³-hybridized carbons (Fsp3) is 0.240. The summed E-state index contributed by atoms with van der Waals surface area (Å²) in [5, 5.41) is 2.77. The van der Waals surface area contributed by atoms with Gasteiger partial charge in [-0.1, -0.05) is 30.3 Å². The van der Waals surface area contributed by atoms with Crippen molar-refractivity contribution >= 4 is 21.6 Å². The van der Waals surface area contributed by atoms with E-state index in [1.165, 1.54) is 18.2 Å². The molecule has 0 bridgehead atoms. The van der Waals surface area contributed by atoms with Crippen LogP contribution in [0.3, 0.4) is 0 Å². The van der Waals surface area contributed by atoms with Crippen LogP contribution >= 0.6 is 0 Å². The Hall–Kier alpha value is -3.30. The predicted molar refractivity (Wildman–Crippen MR) is 126 cm³/mol. The highest BCUT2D eigenvalue weighted by atomic mass is 32.2. The van der Waals surface area contributed by atoms with E-state index in [2.05, 4.69) is 10.0 Å². The Morgan fingerprint density at radius 3 is 2.26 bits per heavy atom. The molecule has 3 aromatic rings. The molecule has 9 heteroatoms. The molecule has 4 rings (SSSR count). The molecule has 34 heavy (non-hydrogen) atoms. The van der Waals surface area contributed by atoms with E-state index in [-0.39, 0.29) is 29.2 Å². The van der Waals surface area contributed by atoms with Crippen molar-refractivity contribution in [1.29, 1.82) is 0 Å². The number of benzene rings is 3. The first-order chi connectivity index (χ1) is 16.3. The Bertz CT molecular complexity index is 1260. The van der Waals surface area contributed by atoms with Crippen LogP contribution in [0, 0.1) is 11.6 Å². The second-order valence-corrected chi connectivity index (χ2v) is 9.84. The summed E-state index contributed by atoms with van der Waals surface area (Å²) in [4.78, 5) is 14.9. The van der Waals surface area contributed by atoms with Gasteiger partial charge in [-0.15, -0.1) is 0 Å². The number of amides is 1. The molecule has 1 amide bonds. The Morgan fingerprint density at radius 1 is 0.912 bits per heavy atom. The SMILES string of the molecule is O=C(NCc1ccccc1F)c1ccccc1N1CCC(NS(=O)(=O)c2ccc(F)cc2)CC1. The normalized spacial score (nSPS) is 14.7. The average molecular weight is 486 g/mol. The van der Waals surface area contributed by atoms with E-state index in [0.717, 1.165) is 17.8 Å². The van der Waals surface area contributed by atoms with Crippen LogP contribution in [0.2, 0.25) is 0 Å². The quantitative estimate of drug-likeness (QED) is 0.533. The van der Waals surface area contributed by atoms with E-state index in [1.54, 1.807) is 30.3 Å². The van der Waals surface area contributed by atoms with E-state index in [4.69, 9.17) is 0 Å². The maximum Gasteiger partial charge on any atom is 0.253 e. The van der Waals surface area contributed by atoms with Crippen LogP contribution in [0.1, 0.15) is 28.8 Å². The summed E-state index contributed by atoms with van der Waals surface area (Å²) in [6, 6.07) is 17.9. The maximum absolute atomic E-state index is 13.9. The number of carbonyl (C=O) groups is 1. The first kappa shape index (κ1) is 23.8. The number of piperidine rings is 1. The zero-order valence-electron chi connectivity index (χ0n) is 18.4. The Kier molecular flexibility index (Phi) is 7.23. The van der Waals surface area contributed by atoms with Gasteiger partial charge in [-0.3, -0.25) is 4.79 Å². The van der Waals surface area contributed by atoms with Gasteiger partial charge < -0.3 is 10.2 Å². The molecule has 0 spiro atoms. The summed E-state index contributed by atoms with van der Waals surface area (Å²) in [6.45, 7) is 1.18. The molecule has 6 nitrogen and oxygen atoms in total. The number of anilines is 1. The molecule has 178 valence electrons. The van der Waals surface area contributed by atoms with Crippen molar-refractivity contribution in [2.75, 3.05) is 18.0 Å². The predicted octanol–water partition coefficient (Wildman–Crippen LogP) is 3.84. The molecule has 1 aliphatic rings. The van der Waals surface area contributed by atoms with Crippen molar-refractivity contribution in [2.24, 2.45) is 0 Å². The molecule has 0 saturated carbocycles. The zero-order valence-corrected chi connectivity index (χ0v) is 19.2. The van der Waals surface area contributed by atoms with Gasteiger partial charge in [0, 0.05) is 36.9 Å². The molecule has 1 aliphatic heterocycles. The largest absolute Gasteiger partial charge is 0.371 e. The van der Waals surface area contributed by atoms with E-state index >= 15 is 0 Å². The maximum atomic E-state index is 13.9. The van der Waals surface area contributed by atoms with Crippen LogP contribution in [0.25, 0.3) is 0 Å². The molecule has 0 atom stereocenters. The highest BCUT2D eigenvalue weighted by molar-refractivity contribution is 7.89. The van der Waals surface area contributed by atoms with Crippen molar-refractivity contribution in [3.8, 4) is 0 Å². The van der Waals surface area contributed by atoms with Crippen LogP contribution in [0.4, 0.5) is 14.5 Å². The third-order valence-electron chi connectivity index (χ3n) is 5.83. The lowest BCUT2D eigenvalue weighted by Crippen LogP contribution is -2.45. The third kappa shape index (κ3) is 5.60. The van der Waals surface area contributed by atoms with Crippen molar-refractivity contribution in [3.05, 3.63) is 95.6 Å². The Balaban J connectivity index is 1.38. The molecule has 3 aromatic carbocycles. The van der Waals surface area contributed by atoms with Gasteiger partial charge in [0.2, 0.25) is 10.0 Å². The van der Waals surface area contributed by atoms with Crippen molar-refractivity contribution in [2.45, 2.75) is 30.3 Å². The standard InChI is InChI=1S/C25H25F2N3O3S/c26-19-9-11-21(12-10-19)34(32,33)29-20-13-15-30(16-14-20)24-8-4-2-6-22(24)25(31)28-17-18-5-1-3-7-23(18)27/h1-12,20,29H,13-17H2,(H,28,31). The number of hydrogen-bond donors (Lipinski definition) is 2. The molecule has 0 unspecified atom stereocenters. The van der Waals surface area contributed by atoms with Crippen LogP contribution in [-0.2, 0) is 16.6 Å². The second kappa shape index (κ2) is 10.3. The average Bonchev–Trinajstić information content (AvgIpc) is 2.84. The number of nitrogens with one attached hydrogen (secondary N) is 2. The molecule has 0 aromatic heterocycles. The van der Waals surface area contributed by atoms with Gasteiger partial charge in [-0.2, -0.15) is 0 Å². The molecule has 1 heterocycles. The lowest BCUT2D eigenvalue weighted by Gasteiger charge is -2.34. The molecule has 0 aliphatic carbocycles. The van der Waals surface area contributed by atoms with E-state index in [1.807, 2.05) is 17.0 Å². The van der Waals surface area contributed by atoms with Crippen LogP contribution in [0.15, 0.2) is 77.7 Å². The molecular weight excluding hydrogens is 460 g/mol. The highest BCUT2D eigenvalue weighted by Crippen LogP contribution is 2.25. The monoisotopic (exact) mass is 485 g/mol. The molecule has 2 N–H and O–H groups in total. The topological polar surface area (TPSA) is 78.5 Å². The van der Waals surface area contributed by atoms with Gasteiger partial charge in [0.15, 0.2) is 0 Å². The fourth-order valence-electron chi connectivity index (χ4n) is 3.99. The van der Waals surface area contributed by atoms with E-state index in [0.29, 0.717) is 37.1 Å². The van der Waals surface area contributed by atoms with E-state index < -0.39 is 15.8 Å². The van der Waals surface area contributed by atoms with Gasteiger partial charge in [0.25, 0.3) is 5.91 Å². The van der Waals surface area contributed by atoms with Gasteiger partial charge in [0.05, 0.1) is 10.5 Å². The van der Waals surface area contributed by atoms with Crippen LogP contribution in [-0.4, -0.2) is 33.5 Å². The molecule has 0 radical (unpaired) electrons. The molecule has 1 fully saturated rings. The van der Waals surface area contributed by atoms with Crippen LogP contribution < -0.4 is 14.9 Å². The number of para-hydroxylation sites is 1. The number of hydrogen-bond acceptors (Lipinski definition) is 4. The van der Waals surface area contributed by atoms with Gasteiger partial charge in [0.1, 0.15) is 11.6 Å². The summed E-state index contributed by atoms with van der Waals surface area (Å²) in [5.74, 6) is -1.18. The van der Waals surface area contributed by atoms with Crippen molar-refractivity contribution in [1.82, 2.24) is 10.0 Å². The highest BCUT2D eigenvalue weighted by Gasteiger charge is 2.26. The third-order valence-corrected chi connectivity index (χ3v) is 7.36. The minimum absolute atomic E-state index is 0.0215. The summed E-state index contributed by atoms with van der Waals surface area (Å²) < 4.78 is 54.9.